The number of carbonyl (C=O) groups is 4. The topological polar surface area (TPSA) is 138 Å². The summed E-state index contributed by atoms with van der Waals surface area (Å²) in [5.74, 6) is -4.25. The average molecular weight is 729 g/mol. The highest BCUT2D eigenvalue weighted by atomic mass is 16.6. The van der Waals surface area contributed by atoms with E-state index in [4.69, 9.17) is 14.2 Å². The van der Waals surface area contributed by atoms with Gasteiger partial charge in [-0.25, -0.2) is 0 Å². The first kappa shape index (κ1) is 38.2. The van der Waals surface area contributed by atoms with Crippen molar-refractivity contribution in [2.24, 2.45) is 17.8 Å². The van der Waals surface area contributed by atoms with Crippen LogP contribution in [0.5, 0.6) is 0 Å². The summed E-state index contributed by atoms with van der Waals surface area (Å²) < 4.78 is 18.7. The van der Waals surface area contributed by atoms with Gasteiger partial charge < -0.3 is 39.3 Å². The van der Waals surface area contributed by atoms with Gasteiger partial charge in [-0.15, -0.1) is 0 Å². The Morgan fingerprint density at radius 1 is 1.00 bits per heavy atom. The average Bonchev–Trinajstić information content (AvgIpc) is 3.54. The lowest BCUT2D eigenvalue weighted by molar-refractivity contribution is -0.163. The molecule has 0 bridgehead atoms. The molecule has 2 saturated heterocycles. The Bertz CT molecular complexity index is 1690. The second-order valence-electron chi connectivity index (χ2n) is 14.5. The Kier molecular flexibility index (Phi) is 11.7. The molecule has 0 radical (unpaired) electrons. The fraction of sp³-hybridized carbons (Fsp3) is 0.512. The Hall–Kier alpha value is -4.52. The molecule has 2 aromatic carbocycles. The van der Waals surface area contributed by atoms with Crippen LogP contribution in [0.1, 0.15) is 52.2 Å². The molecule has 6 rings (SSSR count). The number of fused-ring (bicyclic) bond motifs is 2. The van der Waals surface area contributed by atoms with Gasteiger partial charge in [0.2, 0.25) is 11.8 Å². The number of esters is 1. The van der Waals surface area contributed by atoms with Crippen LogP contribution < -0.4 is 15.1 Å². The number of aliphatic hydroxyl groups is 1. The molecule has 0 unspecified atom stereocenters. The molecular weight excluding hydrogens is 676 g/mol. The molecule has 1 spiro atoms. The van der Waals surface area contributed by atoms with E-state index in [9.17, 15) is 19.5 Å². The summed E-state index contributed by atoms with van der Waals surface area (Å²) in [6.45, 7) is 9.53. The maximum atomic E-state index is 15.0. The van der Waals surface area contributed by atoms with Gasteiger partial charge >= 0.3 is 5.97 Å². The van der Waals surface area contributed by atoms with E-state index in [1.807, 2.05) is 74.5 Å². The van der Waals surface area contributed by atoms with Crippen LogP contribution in [0.4, 0.5) is 11.4 Å². The fourth-order valence-electron chi connectivity index (χ4n) is 8.47. The number of aliphatic hydroxyl groups excluding tert-OH is 1. The lowest BCUT2D eigenvalue weighted by Gasteiger charge is -2.40. The van der Waals surface area contributed by atoms with Gasteiger partial charge in [-0.3, -0.25) is 19.2 Å². The predicted octanol–water partition coefficient (Wildman–Crippen LogP) is 3.80. The summed E-state index contributed by atoms with van der Waals surface area (Å²) in [5.41, 5.74) is 0.784. The van der Waals surface area contributed by atoms with Crippen LogP contribution in [-0.4, -0.2) is 103 Å². The van der Waals surface area contributed by atoms with Gasteiger partial charge in [0.05, 0.1) is 37.3 Å². The minimum atomic E-state index is -1.55. The van der Waals surface area contributed by atoms with E-state index in [1.165, 1.54) is 12.0 Å². The van der Waals surface area contributed by atoms with E-state index in [0.717, 1.165) is 18.8 Å². The van der Waals surface area contributed by atoms with Gasteiger partial charge in [-0.1, -0.05) is 68.5 Å². The molecule has 3 amide bonds. The number of nitrogens with one attached hydrogen (secondary N) is 1. The first-order valence-corrected chi connectivity index (χ1v) is 18.7. The van der Waals surface area contributed by atoms with Gasteiger partial charge in [-0.2, -0.15) is 0 Å². The first-order chi connectivity index (χ1) is 25.6. The second kappa shape index (κ2) is 16.2. The van der Waals surface area contributed by atoms with Crippen molar-refractivity contribution in [2.75, 3.05) is 49.8 Å². The number of anilines is 2. The maximum absolute atomic E-state index is 15.0. The van der Waals surface area contributed by atoms with Crippen LogP contribution in [0.3, 0.4) is 0 Å². The molecule has 4 aliphatic rings. The number of amides is 3. The van der Waals surface area contributed by atoms with E-state index >= 15 is 4.79 Å². The van der Waals surface area contributed by atoms with Crippen LogP contribution in [0.15, 0.2) is 78.9 Å². The largest absolute Gasteiger partial charge is 0.455 e. The highest BCUT2D eigenvalue weighted by Crippen LogP contribution is 2.54. The molecule has 8 atom stereocenters. The van der Waals surface area contributed by atoms with Crippen molar-refractivity contribution in [3.63, 3.8) is 0 Å². The number of hydrogen-bond donors (Lipinski definition) is 2. The van der Waals surface area contributed by atoms with Crippen molar-refractivity contribution >= 4 is 35.1 Å². The number of hydrogen-bond acceptors (Lipinski definition) is 9. The van der Waals surface area contributed by atoms with Gasteiger partial charge in [0.25, 0.3) is 5.91 Å². The number of nitrogens with zero attached hydrogens (tertiary/aromatic N) is 3. The molecule has 4 heterocycles. The van der Waals surface area contributed by atoms with Crippen molar-refractivity contribution in [1.82, 2.24) is 10.2 Å². The van der Waals surface area contributed by atoms with E-state index in [-0.39, 0.29) is 43.9 Å². The predicted molar refractivity (Wildman–Crippen MR) is 200 cm³/mol. The number of ether oxygens (including phenoxy) is 3. The Balaban J connectivity index is 1.45. The Morgan fingerprint density at radius 2 is 1.72 bits per heavy atom. The molecule has 2 fully saturated rings. The van der Waals surface area contributed by atoms with Gasteiger partial charge in [0.1, 0.15) is 23.7 Å². The van der Waals surface area contributed by atoms with E-state index in [1.54, 1.807) is 23.1 Å². The van der Waals surface area contributed by atoms with Gasteiger partial charge in [0, 0.05) is 44.5 Å². The standard InChI is InChI=1S/C41H52N4O8/c1-6-43(7-2)28-18-20-29(21-19-28)44-23-13-22-41-35(38(48)45(37(41)39(44)49)31(24-46)26(3)4)34-32(53-41)16-11-12-17-33(47)42-30(25-51-5)36(52-40(34)50)27-14-9-8-10-15-27/h8-11,13-16,18-22,26,30-32,34-37,46H,6-7,12,17,23-25H2,1-5H3,(H,42,47)/b16-11-/t30-,31-,32-,34+,35+,36-,37-,41+/m0/s1. The maximum Gasteiger partial charge on any atom is 0.313 e. The van der Waals surface area contributed by atoms with Crippen molar-refractivity contribution in [1.29, 1.82) is 0 Å². The normalized spacial score (nSPS) is 30.0. The first-order valence-electron chi connectivity index (χ1n) is 18.7. The quantitative estimate of drug-likeness (QED) is 0.277. The van der Waals surface area contributed by atoms with Crippen molar-refractivity contribution in [2.45, 2.75) is 76.5 Å². The van der Waals surface area contributed by atoms with Crippen LogP contribution in [0.2, 0.25) is 0 Å². The van der Waals surface area contributed by atoms with Crippen LogP contribution >= 0.6 is 0 Å². The summed E-state index contributed by atoms with van der Waals surface area (Å²) in [6.07, 6.45) is 5.73. The molecule has 0 saturated carbocycles. The van der Waals surface area contributed by atoms with Crippen molar-refractivity contribution in [3.8, 4) is 0 Å². The molecule has 0 aliphatic carbocycles. The van der Waals surface area contributed by atoms with E-state index in [0.29, 0.717) is 17.7 Å². The molecule has 12 heteroatoms. The summed E-state index contributed by atoms with van der Waals surface area (Å²) in [5, 5.41) is 13.7. The minimum Gasteiger partial charge on any atom is -0.455 e. The third-order valence-corrected chi connectivity index (χ3v) is 11.1. The highest BCUT2D eigenvalue weighted by Gasteiger charge is 2.72. The SMILES string of the molecule is CCN(CC)c1ccc(N2CC=C[C@@]34O[C@H]5/C=C\CCC(=O)N[C@@H](COC)[C@H](c6ccccc6)OC(=O)[C@H]5[C@@H]3C(=O)N([C@@H](CO)C(C)C)[C@H]4C2=O)cc1. The van der Waals surface area contributed by atoms with E-state index < -0.39 is 59.6 Å². The molecule has 0 aromatic heterocycles. The number of benzene rings is 2. The third-order valence-electron chi connectivity index (χ3n) is 11.1. The van der Waals surface area contributed by atoms with Crippen molar-refractivity contribution in [3.05, 3.63) is 84.5 Å². The number of allylic oxidation sites excluding steroid dienone is 1. The summed E-state index contributed by atoms with van der Waals surface area (Å²) in [4.78, 5) is 63.1. The number of rotatable bonds is 10. The van der Waals surface area contributed by atoms with Crippen LogP contribution in [0.25, 0.3) is 0 Å². The lowest BCUT2D eigenvalue weighted by Crippen LogP contribution is -2.59. The molecule has 53 heavy (non-hydrogen) atoms. The molecule has 2 N–H and O–H groups in total. The third kappa shape index (κ3) is 7.12. The number of carbonyl (C=O) groups excluding carboxylic acids is 4. The van der Waals surface area contributed by atoms with E-state index in [2.05, 4.69) is 24.1 Å². The molecule has 284 valence electrons. The summed E-state index contributed by atoms with van der Waals surface area (Å²) >= 11 is 0. The monoisotopic (exact) mass is 728 g/mol. The second-order valence-corrected chi connectivity index (χ2v) is 14.5. The minimum absolute atomic E-state index is 0.0662. The van der Waals surface area contributed by atoms with Crippen molar-refractivity contribution < 1.29 is 38.5 Å². The molecular formula is C41H52N4O8. The highest BCUT2D eigenvalue weighted by molar-refractivity contribution is 6.05. The Labute approximate surface area is 311 Å². The smallest absolute Gasteiger partial charge is 0.313 e. The number of cyclic esters (lactones) is 1. The number of likely N-dealkylation sites (tertiary alicyclic amines) is 1. The van der Waals surface area contributed by atoms with Gasteiger partial charge in [0.15, 0.2) is 0 Å². The number of methoxy groups -OCH3 is 1. The molecule has 4 aliphatic heterocycles. The Morgan fingerprint density at radius 3 is 2.36 bits per heavy atom. The zero-order valence-electron chi connectivity index (χ0n) is 31.2. The van der Waals surface area contributed by atoms with Crippen LogP contribution in [-0.2, 0) is 33.4 Å². The zero-order valence-corrected chi connectivity index (χ0v) is 31.2. The fourth-order valence-corrected chi connectivity index (χ4v) is 8.47. The molecule has 2 aromatic rings. The van der Waals surface area contributed by atoms with Crippen LogP contribution in [0, 0.1) is 17.8 Å². The van der Waals surface area contributed by atoms with Gasteiger partial charge in [-0.05, 0) is 56.0 Å². The zero-order chi connectivity index (χ0) is 37.9. The summed E-state index contributed by atoms with van der Waals surface area (Å²) in [7, 11) is 1.51. The summed E-state index contributed by atoms with van der Waals surface area (Å²) in [6, 6.07) is 14.2. The molecule has 12 nitrogen and oxygen atoms in total. The lowest BCUT2D eigenvalue weighted by atomic mass is 9.77.